The van der Waals surface area contributed by atoms with E-state index in [-0.39, 0.29) is 22.9 Å². The fourth-order valence-electron chi connectivity index (χ4n) is 2.83. The van der Waals surface area contributed by atoms with Crippen molar-refractivity contribution in [2.45, 2.75) is 37.5 Å². The molecule has 2 rings (SSSR count). The van der Waals surface area contributed by atoms with Gasteiger partial charge in [-0.15, -0.1) is 0 Å². The molecule has 2 aromatic rings. The molecule has 0 amide bonds. The standard InChI is InChI=1S/C18H24N2O4S2/c1-13-5-7-17(8-6-13)25(21,22)19-9-10-20-26(23,24)18-15(3)11-14(2)12-16(18)4/h5-8,11-12,19-20H,9-10H2,1-4H3. The Morgan fingerprint density at radius 2 is 1.15 bits per heavy atom. The molecule has 0 aliphatic rings. The van der Waals surface area contributed by atoms with Crippen molar-refractivity contribution in [1.29, 1.82) is 0 Å². The van der Waals surface area contributed by atoms with Gasteiger partial charge in [-0.05, 0) is 51.0 Å². The first-order valence-corrected chi connectivity index (χ1v) is 11.1. The number of hydrogen-bond donors (Lipinski definition) is 2. The van der Waals surface area contributed by atoms with Gasteiger partial charge in [-0.2, -0.15) is 0 Å². The van der Waals surface area contributed by atoms with E-state index in [1.807, 2.05) is 26.0 Å². The highest BCUT2D eigenvalue weighted by Crippen LogP contribution is 2.21. The minimum atomic E-state index is -3.71. The lowest BCUT2D eigenvalue weighted by Gasteiger charge is -2.13. The second-order valence-corrected chi connectivity index (χ2v) is 9.81. The molecule has 0 aliphatic heterocycles. The van der Waals surface area contributed by atoms with Gasteiger partial charge < -0.3 is 0 Å². The van der Waals surface area contributed by atoms with E-state index in [9.17, 15) is 16.8 Å². The number of sulfonamides is 2. The molecular formula is C18H24N2O4S2. The van der Waals surface area contributed by atoms with Crippen LogP contribution >= 0.6 is 0 Å². The summed E-state index contributed by atoms with van der Waals surface area (Å²) in [6.07, 6.45) is 0. The fraction of sp³-hybridized carbons (Fsp3) is 0.333. The van der Waals surface area contributed by atoms with Crippen molar-refractivity contribution in [3.63, 3.8) is 0 Å². The first kappa shape index (κ1) is 20.6. The summed E-state index contributed by atoms with van der Waals surface area (Å²) in [5.74, 6) is 0. The molecule has 0 fully saturated rings. The molecule has 142 valence electrons. The molecule has 0 saturated heterocycles. The van der Waals surface area contributed by atoms with Crippen molar-refractivity contribution in [2.75, 3.05) is 13.1 Å². The lowest BCUT2D eigenvalue weighted by molar-refractivity contribution is 0.570. The van der Waals surface area contributed by atoms with Gasteiger partial charge in [-0.1, -0.05) is 35.4 Å². The summed E-state index contributed by atoms with van der Waals surface area (Å²) in [5, 5.41) is 0. The summed E-state index contributed by atoms with van der Waals surface area (Å²) in [6, 6.07) is 10.1. The largest absolute Gasteiger partial charge is 0.241 e. The molecule has 0 unspecified atom stereocenters. The van der Waals surface area contributed by atoms with Crippen molar-refractivity contribution in [3.05, 3.63) is 58.7 Å². The molecule has 8 heteroatoms. The van der Waals surface area contributed by atoms with E-state index in [0.29, 0.717) is 11.1 Å². The zero-order valence-corrected chi connectivity index (χ0v) is 17.0. The Kier molecular flexibility index (Phi) is 6.23. The molecule has 0 atom stereocenters. The Morgan fingerprint density at radius 3 is 1.65 bits per heavy atom. The molecular weight excluding hydrogens is 372 g/mol. The van der Waals surface area contributed by atoms with Crippen LogP contribution in [0.15, 0.2) is 46.2 Å². The molecule has 0 spiro atoms. The Hall–Kier alpha value is -1.74. The van der Waals surface area contributed by atoms with Crippen LogP contribution in [0.3, 0.4) is 0 Å². The second kappa shape index (κ2) is 7.87. The van der Waals surface area contributed by atoms with Crippen molar-refractivity contribution >= 4 is 20.0 Å². The van der Waals surface area contributed by atoms with E-state index in [0.717, 1.165) is 11.1 Å². The van der Waals surface area contributed by atoms with Gasteiger partial charge in [-0.25, -0.2) is 26.3 Å². The highest BCUT2D eigenvalue weighted by Gasteiger charge is 2.20. The van der Waals surface area contributed by atoms with E-state index >= 15 is 0 Å². The van der Waals surface area contributed by atoms with Gasteiger partial charge in [0.05, 0.1) is 9.79 Å². The van der Waals surface area contributed by atoms with Crippen LogP contribution in [0.25, 0.3) is 0 Å². The number of nitrogens with one attached hydrogen (secondary N) is 2. The quantitative estimate of drug-likeness (QED) is 0.702. The van der Waals surface area contributed by atoms with Gasteiger partial charge >= 0.3 is 0 Å². The zero-order chi connectivity index (χ0) is 19.5. The monoisotopic (exact) mass is 396 g/mol. The minimum Gasteiger partial charge on any atom is -0.210 e. The predicted molar refractivity (Wildman–Crippen MR) is 102 cm³/mol. The average Bonchev–Trinajstić information content (AvgIpc) is 2.50. The summed E-state index contributed by atoms with van der Waals surface area (Å²) < 4.78 is 54.3. The van der Waals surface area contributed by atoms with Crippen molar-refractivity contribution in [1.82, 2.24) is 9.44 Å². The van der Waals surface area contributed by atoms with Crippen LogP contribution in [0.1, 0.15) is 22.3 Å². The third kappa shape index (κ3) is 4.91. The molecule has 26 heavy (non-hydrogen) atoms. The SMILES string of the molecule is Cc1ccc(S(=O)(=O)NCCNS(=O)(=O)c2c(C)cc(C)cc2C)cc1. The molecule has 0 radical (unpaired) electrons. The lowest BCUT2D eigenvalue weighted by atomic mass is 10.1. The van der Waals surface area contributed by atoms with E-state index in [2.05, 4.69) is 9.44 Å². The average molecular weight is 397 g/mol. The smallest absolute Gasteiger partial charge is 0.210 e. The van der Waals surface area contributed by atoms with Gasteiger partial charge in [0.25, 0.3) is 0 Å². The minimum absolute atomic E-state index is 0.0415. The highest BCUT2D eigenvalue weighted by molar-refractivity contribution is 7.90. The van der Waals surface area contributed by atoms with Crippen LogP contribution < -0.4 is 9.44 Å². The molecule has 0 aromatic heterocycles. The highest BCUT2D eigenvalue weighted by atomic mass is 32.2. The third-order valence-electron chi connectivity index (χ3n) is 3.91. The van der Waals surface area contributed by atoms with E-state index < -0.39 is 20.0 Å². The normalized spacial score (nSPS) is 12.3. The Morgan fingerprint density at radius 1 is 0.692 bits per heavy atom. The van der Waals surface area contributed by atoms with Crippen LogP contribution in [0.4, 0.5) is 0 Å². The maximum absolute atomic E-state index is 12.5. The van der Waals surface area contributed by atoms with E-state index in [1.54, 1.807) is 26.0 Å². The van der Waals surface area contributed by atoms with Gasteiger partial charge in [0.2, 0.25) is 20.0 Å². The van der Waals surface area contributed by atoms with Gasteiger partial charge in [0.1, 0.15) is 0 Å². The van der Waals surface area contributed by atoms with Crippen LogP contribution in [0.5, 0.6) is 0 Å². The molecule has 0 bridgehead atoms. The Labute approximate surface area is 155 Å². The van der Waals surface area contributed by atoms with Gasteiger partial charge in [0, 0.05) is 13.1 Å². The Balaban J connectivity index is 2.02. The molecule has 0 heterocycles. The zero-order valence-electron chi connectivity index (χ0n) is 15.3. The maximum Gasteiger partial charge on any atom is 0.241 e. The van der Waals surface area contributed by atoms with Crippen LogP contribution in [0.2, 0.25) is 0 Å². The molecule has 6 nitrogen and oxygen atoms in total. The summed E-state index contributed by atoms with van der Waals surface area (Å²) in [6.45, 7) is 7.18. The van der Waals surface area contributed by atoms with Gasteiger partial charge in [0.15, 0.2) is 0 Å². The van der Waals surface area contributed by atoms with Crippen LogP contribution in [-0.4, -0.2) is 29.9 Å². The topological polar surface area (TPSA) is 92.3 Å². The summed E-state index contributed by atoms with van der Waals surface area (Å²) in [5.41, 5.74) is 3.27. The lowest BCUT2D eigenvalue weighted by Crippen LogP contribution is -2.35. The second-order valence-electron chi connectivity index (χ2n) is 6.34. The molecule has 2 aromatic carbocycles. The van der Waals surface area contributed by atoms with Gasteiger partial charge in [-0.3, -0.25) is 0 Å². The van der Waals surface area contributed by atoms with Crippen molar-refractivity contribution < 1.29 is 16.8 Å². The summed E-state index contributed by atoms with van der Waals surface area (Å²) >= 11 is 0. The first-order valence-electron chi connectivity index (χ1n) is 8.17. The Bertz CT molecular complexity index is 973. The molecule has 2 N–H and O–H groups in total. The predicted octanol–water partition coefficient (Wildman–Crippen LogP) is 2.18. The summed E-state index contributed by atoms with van der Waals surface area (Å²) in [4.78, 5) is 0.390. The third-order valence-corrected chi connectivity index (χ3v) is 7.16. The number of hydrogen-bond acceptors (Lipinski definition) is 4. The number of aryl methyl sites for hydroxylation is 4. The van der Waals surface area contributed by atoms with Crippen LogP contribution in [-0.2, 0) is 20.0 Å². The fourth-order valence-corrected chi connectivity index (χ4v) is 5.35. The van der Waals surface area contributed by atoms with Crippen LogP contribution in [0, 0.1) is 27.7 Å². The van der Waals surface area contributed by atoms with E-state index in [4.69, 9.17) is 0 Å². The number of benzene rings is 2. The number of rotatable bonds is 7. The summed E-state index contributed by atoms with van der Waals surface area (Å²) in [7, 11) is -7.38. The molecule has 0 aliphatic carbocycles. The van der Waals surface area contributed by atoms with E-state index in [1.165, 1.54) is 12.1 Å². The first-order chi connectivity index (χ1) is 12.0. The van der Waals surface area contributed by atoms with Crippen molar-refractivity contribution in [2.24, 2.45) is 0 Å². The van der Waals surface area contributed by atoms with Crippen molar-refractivity contribution in [3.8, 4) is 0 Å². The maximum atomic E-state index is 12.5. The molecule has 0 saturated carbocycles.